The van der Waals surface area contributed by atoms with Crippen molar-refractivity contribution in [1.29, 1.82) is 5.26 Å². The van der Waals surface area contributed by atoms with Gasteiger partial charge in [-0.3, -0.25) is 0 Å². The van der Waals surface area contributed by atoms with Gasteiger partial charge in [0.15, 0.2) is 0 Å². The molecule has 0 radical (unpaired) electrons. The molecule has 7 heteroatoms. The fraction of sp³-hybridized carbons (Fsp3) is 0.364. The molecular formula is C11H14BrN3O2S. The van der Waals surface area contributed by atoms with Crippen LogP contribution in [0.25, 0.3) is 0 Å². The Balaban J connectivity index is 3.18. The third-order valence-electron chi connectivity index (χ3n) is 2.64. The largest absolute Gasteiger partial charge is 0.398 e. The fourth-order valence-corrected chi connectivity index (χ4v) is 3.24. The van der Waals surface area contributed by atoms with Gasteiger partial charge in [-0.15, -0.1) is 0 Å². The molecule has 0 amide bonds. The van der Waals surface area contributed by atoms with Gasteiger partial charge >= 0.3 is 0 Å². The molecule has 1 aromatic rings. The average molecular weight is 332 g/mol. The second-order valence-corrected chi connectivity index (χ2v) is 6.80. The molecule has 0 bridgehead atoms. The maximum absolute atomic E-state index is 12.3. The minimum absolute atomic E-state index is 0.0537. The van der Waals surface area contributed by atoms with Gasteiger partial charge in [0.2, 0.25) is 10.0 Å². The van der Waals surface area contributed by atoms with Crippen molar-refractivity contribution >= 4 is 31.6 Å². The molecular weight excluding hydrogens is 318 g/mol. The zero-order chi connectivity index (χ0) is 13.9. The SMILES string of the molecule is CC(CC#N)N(C)S(=O)(=O)c1ccc(Br)cc1N. The maximum Gasteiger partial charge on any atom is 0.245 e. The van der Waals surface area contributed by atoms with E-state index in [0.717, 1.165) is 4.31 Å². The summed E-state index contributed by atoms with van der Waals surface area (Å²) in [6.45, 7) is 1.68. The predicted octanol–water partition coefficient (Wildman–Crippen LogP) is 1.95. The minimum Gasteiger partial charge on any atom is -0.398 e. The first-order valence-corrected chi connectivity index (χ1v) is 7.44. The molecule has 1 atom stereocenters. The van der Waals surface area contributed by atoms with Crippen LogP contribution in [0.5, 0.6) is 0 Å². The lowest BCUT2D eigenvalue weighted by molar-refractivity contribution is 0.393. The van der Waals surface area contributed by atoms with E-state index in [1.54, 1.807) is 13.0 Å². The second-order valence-electron chi connectivity index (χ2n) is 3.91. The Morgan fingerprint density at radius 1 is 1.56 bits per heavy atom. The van der Waals surface area contributed by atoms with E-state index in [1.807, 2.05) is 6.07 Å². The van der Waals surface area contributed by atoms with Crippen molar-refractivity contribution < 1.29 is 8.42 Å². The zero-order valence-electron chi connectivity index (χ0n) is 10.1. The summed E-state index contributed by atoms with van der Waals surface area (Å²) in [4.78, 5) is 0.0537. The van der Waals surface area contributed by atoms with Gasteiger partial charge in [-0.1, -0.05) is 15.9 Å². The van der Waals surface area contributed by atoms with Crippen molar-refractivity contribution in [3.63, 3.8) is 0 Å². The highest BCUT2D eigenvalue weighted by atomic mass is 79.9. The Bertz CT molecular complexity index is 580. The normalized spacial score (nSPS) is 13.3. The molecule has 5 nitrogen and oxygen atoms in total. The zero-order valence-corrected chi connectivity index (χ0v) is 12.5. The first-order chi connectivity index (χ1) is 8.30. The number of halogens is 1. The quantitative estimate of drug-likeness (QED) is 0.854. The van der Waals surface area contributed by atoms with Crippen LogP contribution in [0, 0.1) is 11.3 Å². The van der Waals surface area contributed by atoms with Crippen LogP contribution in [0.4, 0.5) is 5.69 Å². The summed E-state index contributed by atoms with van der Waals surface area (Å²) in [6.07, 6.45) is 0.131. The number of hydrogen-bond donors (Lipinski definition) is 1. The van der Waals surface area contributed by atoms with E-state index in [-0.39, 0.29) is 17.0 Å². The summed E-state index contributed by atoms with van der Waals surface area (Å²) in [5.41, 5.74) is 5.90. The van der Waals surface area contributed by atoms with Gasteiger partial charge in [-0.2, -0.15) is 9.57 Å². The van der Waals surface area contributed by atoms with Gasteiger partial charge in [0, 0.05) is 17.6 Å². The lowest BCUT2D eigenvalue weighted by Crippen LogP contribution is -2.35. The van der Waals surface area contributed by atoms with Crippen LogP contribution in [-0.2, 0) is 10.0 Å². The Hall–Kier alpha value is -1.10. The third kappa shape index (κ3) is 3.02. The molecule has 0 fully saturated rings. The number of anilines is 1. The van der Waals surface area contributed by atoms with Gasteiger partial charge in [-0.05, 0) is 25.1 Å². The predicted molar refractivity (Wildman–Crippen MR) is 73.2 cm³/mol. The van der Waals surface area contributed by atoms with Crippen molar-refractivity contribution in [3.8, 4) is 6.07 Å². The Morgan fingerprint density at radius 2 is 2.17 bits per heavy atom. The summed E-state index contributed by atoms with van der Waals surface area (Å²) in [6, 6.07) is 6.15. The van der Waals surface area contributed by atoms with Crippen LogP contribution in [0.2, 0.25) is 0 Å². The molecule has 2 N–H and O–H groups in total. The molecule has 1 rings (SSSR count). The molecule has 18 heavy (non-hydrogen) atoms. The van der Waals surface area contributed by atoms with E-state index in [2.05, 4.69) is 15.9 Å². The van der Waals surface area contributed by atoms with Gasteiger partial charge in [0.1, 0.15) is 4.90 Å². The molecule has 98 valence electrons. The van der Waals surface area contributed by atoms with Crippen LogP contribution in [0.1, 0.15) is 13.3 Å². The van der Waals surface area contributed by atoms with Gasteiger partial charge in [-0.25, -0.2) is 8.42 Å². The van der Waals surface area contributed by atoms with E-state index in [9.17, 15) is 8.42 Å². The van der Waals surface area contributed by atoms with E-state index in [4.69, 9.17) is 11.0 Å². The molecule has 0 aromatic heterocycles. The van der Waals surface area contributed by atoms with E-state index in [1.165, 1.54) is 19.2 Å². The molecule has 0 aliphatic rings. The number of benzene rings is 1. The van der Waals surface area contributed by atoms with E-state index < -0.39 is 16.1 Å². The smallest absolute Gasteiger partial charge is 0.245 e. The Labute approximate surface area is 115 Å². The number of nitrogens with two attached hydrogens (primary N) is 1. The number of nitriles is 1. The first-order valence-electron chi connectivity index (χ1n) is 5.20. The van der Waals surface area contributed by atoms with Crippen LogP contribution < -0.4 is 5.73 Å². The molecule has 1 aromatic carbocycles. The van der Waals surface area contributed by atoms with Crippen molar-refractivity contribution in [2.24, 2.45) is 0 Å². The molecule has 0 aliphatic carbocycles. The highest BCUT2D eigenvalue weighted by Crippen LogP contribution is 2.26. The molecule has 1 unspecified atom stereocenters. The number of sulfonamides is 1. The number of hydrogen-bond acceptors (Lipinski definition) is 4. The lowest BCUT2D eigenvalue weighted by atomic mass is 10.3. The van der Waals surface area contributed by atoms with Gasteiger partial charge in [0.25, 0.3) is 0 Å². The van der Waals surface area contributed by atoms with Crippen LogP contribution in [0.3, 0.4) is 0 Å². The number of nitrogens with zero attached hydrogens (tertiary/aromatic N) is 2. The fourth-order valence-electron chi connectivity index (χ4n) is 1.41. The molecule has 0 heterocycles. The van der Waals surface area contributed by atoms with Crippen LogP contribution in [0.15, 0.2) is 27.6 Å². The number of nitrogen functional groups attached to an aromatic ring is 1. The standard InChI is InChI=1S/C11H14BrN3O2S/c1-8(5-6-13)15(2)18(16,17)11-4-3-9(12)7-10(11)14/h3-4,7-8H,5,14H2,1-2H3. The van der Waals surface area contributed by atoms with Gasteiger partial charge in [0.05, 0.1) is 18.2 Å². The van der Waals surface area contributed by atoms with Crippen LogP contribution >= 0.6 is 15.9 Å². The number of rotatable bonds is 4. The Kier molecular flexibility index (Phi) is 4.73. The Morgan fingerprint density at radius 3 is 2.67 bits per heavy atom. The van der Waals surface area contributed by atoms with E-state index in [0.29, 0.717) is 4.47 Å². The second kappa shape index (κ2) is 5.69. The van der Waals surface area contributed by atoms with Crippen LogP contribution in [-0.4, -0.2) is 25.8 Å². The maximum atomic E-state index is 12.3. The summed E-state index contributed by atoms with van der Waals surface area (Å²) in [5.74, 6) is 0. The van der Waals surface area contributed by atoms with Crippen molar-refractivity contribution in [2.45, 2.75) is 24.3 Å². The van der Waals surface area contributed by atoms with E-state index >= 15 is 0 Å². The highest BCUT2D eigenvalue weighted by molar-refractivity contribution is 9.10. The third-order valence-corrected chi connectivity index (χ3v) is 5.18. The summed E-state index contributed by atoms with van der Waals surface area (Å²) in [7, 11) is -2.23. The highest BCUT2D eigenvalue weighted by Gasteiger charge is 2.27. The summed E-state index contributed by atoms with van der Waals surface area (Å²) >= 11 is 3.22. The molecule has 0 saturated heterocycles. The minimum atomic E-state index is -3.67. The summed E-state index contributed by atoms with van der Waals surface area (Å²) in [5, 5.41) is 8.61. The van der Waals surface area contributed by atoms with Crippen molar-refractivity contribution in [3.05, 3.63) is 22.7 Å². The molecule has 0 aliphatic heterocycles. The average Bonchev–Trinajstić information content (AvgIpc) is 2.27. The molecule has 0 saturated carbocycles. The summed E-state index contributed by atoms with van der Waals surface area (Å²) < 4.78 is 26.5. The lowest BCUT2D eigenvalue weighted by Gasteiger charge is -2.23. The first kappa shape index (κ1) is 15.0. The molecule has 0 spiro atoms. The van der Waals surface area contributed by atoms with Gasteiger partial charge < -0.3 is 5.73 Å². The monoisotopic (exact) mass is 331 g/mol. The topological polar surface area (TPSA) is 87.2 Å². The van der Waals surface area contributed by atoms with Crippen molar-refractivity contribution in [1.82, 2.24) is 4.31 Å². The van der Waals surface area contributed by atoms with Crippen molar-refractivity contribution in [2.75, 3.05) is 12.8 Å².